The first-order valence-corrected chi connectivity index (χ1v) is 3.71. The Morgan fingerprint density at radius 2 is 2.42 bits per heavy atom. The van der Waals surface area contributed by atoms with E-state index in [4.69, 9.17) is 5.73 Å². The summed E-state index contributed by atoms with van der Waals surface area (Å²) in [4.78, 5) is 0. The van der Waals surface area contributed by atoms with Crippen LogP contribution in [0.4, 0.5) is 0 Å². The van der Waals surface area contributed by atoms with Gasteiger partial charge in [-0.15, -0.1) is 5.10 Å². The maximum atomic E-state index is 5.73. The van der Waals surface area contributed by atoms with Gasteiger partial charge in [0, 0.05) is 17.8 Å². The second-order valence-corrected chi connectivity index (χ2v) is 2.70. The van der Waals surface area contributed by atoms with Gasteiger partial charge in [0.25, 0.3) is 0 Å². The van der Waals surface area contributed by atoms with Crippen LogP contribution in [0.15, 0.2) is 18.3 Å². The molecule has 2 rings (SSSR count). The maximum absolute atomic E-state index is 5.73. The summed E-state index contributed by atoms with van der Waals surface area (Å²) in [6, 6.07) is 3.76. The first kappa shape index (κ1) is 7.17. The highest BCUT2D eigenvalue weighted by atomic mass is 15.5. The van der Waals surface area contributed by atoms with Gasteiger partial charge in [0.2, 0.25) is 0 Å². The van der Waals surface area contributed by atoms with Crippen LogP contribution in [0, 0.1) is 0 Å². The largest absolute Gasteiger partial charge is 0.324 e. The van der Waals surface area contributed by atoms with Crippen molar-refractivity contribution in [3.63, 3.8) is 0 Å². The summed E-state index contributed by atoms with van der Waals surface area (Å²) < 4.78 is 1.61. The summed E-state index contributed by atoms with van der Waals surface area (Å²) in [6.45, 7) is 1.91. The summed E-state index contributed by atoms with van der Waals surface area (Å²) in [7, 11) is 0. The summed E-state index contributed by atoms with van der Waals surface area (Å²) >= 11 is 0. The zero-order chi connectivity index (χ0) is 8.55. The lowest BCUT2D eigenvalue weighted by Gasteiger charge is -2.04. The summed E-state index contributed by atoms with van der Waals surface area (Å²) in [5.74, 6) is 0. The minimum Gasteiger partial charge on any atom is -0.324 e. The fourth-order valence-electron chi connectivity index (χ4n) is 1.14. The first-order chi connectivity index (χ1) is 5.79. The van der Waals surface area contributed by atoms with E-state index in [1.54, 1.807) is 10.7 Å². The smallest absolute Gasteiger partial charge is 0.183 e. The summed E-state index contributed by atoms with van der Waals surface area (Å²) in [5.41, 5.74) is 7.42. The molecule has 2 heterocycles. The molecule has 2 N–H and O–H groups in total. The van der Waals surface area contributed by atoms with Crippen LogP contribution in [0.25, 0.3) is 5.65 Å². The lowest BCUT2D eigenvalue weighted by Crippen LogP contribution is -2.07. The van der Waals surface area contributed by atoms with E-state index in [0.29, 0.717) is 0 Å². The van der Waals surface area contributed by atoms with Crippen LogP contribution < -0.4 is 5.73 Å². The standard InChI is InChI=1S/C7H9N5/c1-5(8)6-3-2-4-12-7(6)9-10-11-12/h2-5H,8H2,1H3. The van der Waals surface area contributed by atoms with Crippen molar-refractivity contribution in [3.05, 3.63) is 23.9 Å². The van der Waals surface area contributed by atoms with E-state index >= 15 is 0 Å². The Kier molecular flexibility index (Phi) is 1.51. The van der Waals surface area contributed by atoms with E-state index in [0.717, 1.165) is 11.2 Å². The van der Waals surface area contributed by atoms with Crippen LogP contribution in [0.1, 0.15) is 18.5 Å². The molecular formula is C7H9N5. The minimum atomic E-state index is -0.0419. The Balaban J connectivity index is 2.73. The van der Waals surface area contributed by atoms with Crippen molar-refractivity contribution in [2.75, 3.05) is 0 Å². The highest BCUT2D eigenvalue weighted by molar-refractivity contribution is 5.46. The zero-order valence-electron chi connectivity index (χ0n) is 6.68. The number of hydrogen-bond acceptors (Lipinski definition) is 4. The topological polar surface area (TPSA) is 69.1 Å². The van der Waals surface area contributed by atoms with Gasteiger partial charge in [-0.05, 0) is 23.4 Å². The second kappa shape index (κ2) is 2.53. The Morgan fingerprint density at radius 3 is 3.17 bits per heavy atom. The molecular weight excluding hydrogens is 154 g/mol. The molecule has 0 bridgehead atoms. The normalized spacial score (nSPS) is 13.5. The predicted octanol–water partition coefficient (Wildman–Crippen LogP) is 0.144. The van der Waals surface area contributed by atoms with Crippen molar-refractivity contribution in [2.24, 2.45) is 5.73 Å². The number of fused-ring (bicyclic) bond motifs is 1. The van der Waals surface area contributed by atoms with Crippen molar-refractivity contribution in [1.82, 2.24) is 20.0 Å². The average Bonchev–Trinajstić information content (AvgIpc) is 2.49. The zero-order valence-corrected chi connectivity index (χ0v) is 6.68. The van der Waals surface area contributed by atoms with Gasteiger partial charge in [-0.2, -0.15) is 0 Å². The van der Waals surface area contributed by atoms with Crippen LogP contribution in [-0.2, 0) is 0 Å². The molecule has 5 nitrogen and oxygen atoms in total. The van der Waals surface area contributed by atoms with Crippen molar-refractivity contribution in [1.29, 1.82) is 0 Å². The van der Waals surface area contributed by atoms with Crippen LogP contribution in [-0.4, -0.2) is 20.0 Å². The highest BCUT2D eigenvalue weighted by Crippen LogP contribution is 2.12. The molecule has 0 saturated heterocycles. The van der Waals surface area contributed by atoms with Gasteiger partial charge in [-0.25, -0.2) is 4.52 Å². The van der Waals surface area contributed by atoms with Crippen LogP contribution >= 0.6 is 0 Å². The number of nitrogens with zero attached hydrogens (tertiary/aromatic N) is 4. The Hall–Kier alpha value is -1.49. The number of rotatable bonds is 1. The molecule has 1 atom stereocenters. The molecule has 0 radical (unpaired) electrons. The molecule has 0 saturated carbocycles. The van der Waals surface area contributed by atoms with E-state index in [1.165, 1.54) is 0 Å². The second-order valence-electron chi connectivity index (χ2n) is 2.70. The fourth-order valence-corrected chi connectivity index (χ4v) is 1.14. The number of hydrogen-bond donors (Lipinski definition) is 1. The number of pyridine rings is 1. The molecule has 0 aromatic carbocycles. The molecule has 0 fully saturated rings. The van der Waals surface area contributed by atoms with Crippen molar-refractivity contribution in [2.45, 2.75) is 13.0 Å². The minimum absolute atomic E-state index is 0.0419. The predicted molar refractivity (Wildman–Crippen MR) is 43.4 cm³/mol. The number of nitrogens with two attached hydrogens (primary N) is 1. The third-order valence-electron chi connectivity index (χ3n) is 1.74. The van der Waals surface area contributed by atoms with E-state index in [1.807, 2.05) is 19.1 Å². The average molecular weight is 163 g/mol. The molecule has 62 valence electrons. The highest BCUT2D eigenvalue weighted by Gasteiger charge is 2.06. The van der Waals surface area contributed by atoms with Crippen molar-refractivity contribution < 1.29 is 0 Å². The van der Waals surface area contributed by atoms with E-state index in [9.17, 15) is 0 Å². The Labute approximate surface area is 69.2 Å². The van der Waals surface area contributed by atoms with Crippen LogP contribution in [0.3, 0.4) is 0 Å². The monoisotopic (exact) mass is 163 g/mol. The molecule has 0 aliphatic heterocycles. The van der Waals surface area contributed by atoms with Gasteiger partial charge in [0.1, 0.15) is 0 Å². The maximum Gasteiger partial charge on any atom is 0.183 e. The van der Waals surface area contributed by atoms with Gasteiger partial charge in [0.05, 0.1) is 0 Å². The molecule has 5 heteroatoms. The Bertz CT molecular complexity index is 391. The van der Waals surface area contributed by atoms with E-state index in [-0.39, 0.29) is 6.04 Å². The molecule has 2 aromatic heterocycles. The molecule has 12 heavy (non-hydrogen) atoms. The first-order valence-electron chi connectivity index (χ1n) is 3.71. The molecule has 0 aliphatic rings. The summed E-state index contributed by atoms with van der Waals surface area (Å²) in [6.07, 6.45) is 1.79. The number of aromatic nitrogens is 4. The van der Waals surface area contributed by atoms with E-state index in [2.05, 4.69) is 15.5 Å². The molecule has 0 aliphatic carbocycles. The molecule has 0 amide bonds. The van der Waals surface area contributed by atoms with Gasteiger partial charge < -0.3 is 5.73 Å². The van der Waals surface area contributed by atoms with Crippen LogP contribution in [0.5, 0.6) is 0 Å². The lowest BCUT2D eigenvalue weighted by molar-refractivity contribution is 0.801. The van der Waals surface area contributed by atoms with Crippen molar-refractivity contribution >= 4 is 5.65 Å². The summed E-state index contributed by atoms with van der Waals surface area (Å²) in [5, 5.41) is 11.2. The molecule has 0 spiro atoms. The van der Waals surface area contributed by atoms with Gasteiger partial charge in [-0.1, -0.05) is 6.07 Å². The molecule has 2 aromatic rings. The Morgan fingerprint density at radius 1 is 1.58 bits per heavy atom. The lowest BCUT2D eigenvalue weighted by atomic mass is 10.1. The van der Waals surface area contributed by atoms with Gasteiger partial charge >= 0.3 is 0 Å². The molecule has 1 unspecified atom stereocenters. The van der Waals surface area contributed by atoms with Gasteiger partial charge in [0.15, 0.2) is 5.65 Å². The number of tetrazole rings is 1. The van der Waals surface area contributed by atoms with Crippen LogP contribution in [0.2, 0.25) is 0 Å². The SMILES string of the molecule is CC(N)c1cccn2nnnc12. The quantitative estimate of drug-likeness (QED) is 0.649. The van der Waals surface area contributed by atoms with Gasteiger partial charge in [-0.3, -0.25) is 0 Å². The van der Waals surface area contributed by atoms with Crippen molar-refractivity contribution in [3.8, 4) is 0 Å². The third kappa shape index (κ3) is 0.947. The fraction of sp³-hybridized carbons (Fsp3) is 0.286. The van der Waals surface area contributed by atoms with E-state index < -0.39 is 0 Å². The third-order valence-corrected chi connectivity index (χ3v) is 1.74.